The number of pyridine rings is 1. The number of esters is 1. The van der Waals surface area contributed by atoms with E-state index in [4.69, 9.17) is 15.5 Å². The summed E-state index contributed by atoms with van der Waals surface area (Å²) >= 11 is 0. The van der Waals surface area contributed by atoms with Crippen molar-refractivity contribution in [2.75, 3.05) is 51.5 Å². The molecular weight excluding hydrogens is 731 g/mol. The first-order valence-electron chi connectivity index (χ1n) is 24.6. The fourth-order valence-corrected chi connectivity index (χ4v) is 8.57. The quantitative estimate of drug-likeness (QED) is 0.0438. The number of hydrogen-bond acceptors (Lipinski definition) is 8. The highest BCUT2D eigenvalue weighted by Gasteiger charge is 2.27. The molecule has 2 heterocycles. The van der Waals surface area contributed by atoms with Gasteiger partial charge in [-0.15, -0.1) is 0 Å². The number of benzene rings is 1. The molecule has 3 N–H and O–H groups in total. The monoisotopic (exact) mass is 820 g/mol. The van der Waals surface area contributed by atoms with Gasteiger partial charge in [0.25, 0.3) is 0 Å². The Morgan fingerprint density at radius 3 is 1.76 bits per heavy atom. The van der Waals surface area contributed by atoms with Crippen molar-refractivity contribution in [2.45, 2.75) is 208 Å². The summed E-state index contributed by atoms with van der Waals surface area (Å²) in [6.45, 7) is 22.0. The second-order valence-corrected chi connectivity index (χ2v) is 17.9. The predicted octanol–water partition coefficient (Wildman–Crippen LogP) is 12.2. The van der Waals surface area contributed by atoms with Crippen LogP contribution in [-0.2, 0) is 22.6 Å². The fraction of sp³-hybridized carbons (Fsp3) is 0.780. The molecule has 0 unspecified atom stereocenters. The van der Waals surface area contributed by atoms with Crippen LogP contribution in [0, 0.1) is 0 Å². The lowest BCUT2D eigenvalue weighted by molar-refractivity contribution is -0.157. The van der Waals surface area contributed by atoms with Crippen molar-refractivity contribution in [2.24, 2.45) is 0 Å². The molecule has 0 radical (unpaired) electrons. The zero-order valence-electron chi connectivity index (χ0n) is 39.1. The number of unbranched alkanes of at least 4 members (excludes halogenated alkanes) is 18. The van der Waals surface area contributed by atoms with E-state index in [0.717, 1.165) is 61.1 Å². The summed E-state index contributed by atoms with van der Waals surface area (Å²) in [6.07, 6.45) is 29.6. The molecule has 9 heteroatoms. The number of fused-ring (bicyclic) bond motifs is 3. The average molecular weight is 820 g/mol. The van der Waals surface area contributed by atoms with Gasteiger partial charge in [-0.05, 0) is 97.8 Å². The van der Waals surface area contributed by atoms with Crippen molar-refractivity contribution in [3.05, 3.63) is 30.1 Å². The van der Waals surface area contributed by atoms with Gasteiger partial charge in [0.2, 0.25) is 0 Å². The summed E-state index contributed by atoms with van der Waals surface area (Å²) in [5.41, 5.74) is 8.17. The maximum Gasteiger partial charge on any atom is 0.306 e. The zero-order valence-corrected chi connectivity index (χ0v) is 39.1. The number of anilines is 1. The Labute approximate surface area is 361 Å². The van der Waals surface area contributed by atoms with Crippen LogP contribution in [0.2, 0.25) is 0 Å². The van der Waals surface area contributed by atoms with Gasteiger partial charge in [0.05, 0.1) is 24.1 Å². The Bertz CT molecular complexity index is 1540. The largest absolute Gasteiger partial charge is 0.458 e. The van der Waals surface area contributed by atoms with Crippen molar-refractivity contribution in [3.8, 4) is 0 Å². The van der Waals surface area contributed by atoms with Gasteiger partial charge in [0.15, 0.2) is 5.82 Å². The molecule has 0 aliphatic heterocycles. The molecule has 0 aliphatic carbocycles. The first-order valence-corrected chi connectivity index (χ1v) is 24.6. The molecule has 1 aromatic carbocycles. The summed E-state index contributed by atoms with van der Waals surface area (Å²) in [4.78, 5) is 28.2. The number of ether oxygens (including phenoxy) is 1. The average Bonchev–Trinajstić information content (AvgIpc) is 3.58. The molecule has 3 aromatic rings. The Morgan fingerprint density at radius 1 is 0.678 bits per heavy atom. The smallest absolute Gasteiger partial charge is 0.306 e. The number of nitrogen functional groups attached to an aromatic ring is 1. The molecule has 336 valence electrons. The highest BCUT2D eigenvalue weighted by Crippen LogP contribution is 2.31. The highest BCUT2D eigenvalue weighted by molar-refractivity contribution is 6.06. The Balaban J connectivity index is 1.45. The van der Waals surface area contributed by atoms with Crippen molar-refractivity contribution in [1.82, 2.24) is 29.7 Å². The summed E-state index contributed by atoms with van der Waals surface area (Å²) in [5.74, 6) is 1.16. The lowest BCUT2D eigenvalue weighted by atomic mass is 10.1. The van der Waals surface area contributed by atoms with E-state index in [1.165, 1.54) is 148 Å². The van der Waals surface area contributed by atoms with Crippen LogP contribution < -0.4 is 11.1 Å². The number of para-hydroxylation sites is 1. The lowest BCUT2D eigenvalue weighted by Gasteiger charge is -2.27. The summed E-state index contributed by atoms with van der Waals surface area (Å²) in [5, 5.41) is 4.41. The fourth-order valence-electron chi connectivity index (χ4n) is 8.57. The van der Waals surface area contributed by atoms with E-state index in [2.05, 4.69) is 58.4 Å². The molecule has 9 nitrogen and oxygen atoms in total. The number of carbonyl (C=O) groups excluding carboxylic acids is 1. The minimum Gasteiger partial charge on any atom is -0.458 e. The molecule has 59 heavy (non-hydrogen) atoms. The van der Waals surface area contributed by atoms with E-state index in [1.807, 2.05) is 32.0 Å². The maximum atomic E-state index is 13.3. The van der Waals surface area contributed by atoms with Crippen molar-refractivity contribution in [1.29, 1.82) is 0 Å². The molecule has 0 atom stereocenters. The molecule has 0 saturated heterocycles. The predicted molar refractivity (Wildman–Crippen MR) is 253 cm³/mol. The number of nitrogens with zero attached hydrogens (tertiary/aromatic N) is 5. The van der Waals surface area contributed by atoms with Gasteiger partial charge in [0, 0.05) is 11.8 Å². The van der Waals surface area contributed by atoms with Gasteiger partial charge < -0.3 is 30.2 Å². The third-order valence-corrected chi connectivity index (χ3v) is 12.1. The van der Waals surface area contributed by atoms with E-state index in [9.17, 15) is 4.79 Å². The van der Waals surface area contributed by atoms with Crippen molar-refractivity contribution >= 4 is 33.7 Å². The van der Waals surface area contributed by atoms with Crippen LogP contribution in [0.5, 0.6) is 0 Å². The molecule has 3 rings (SSSR count). The van der Waals surface area contributed by atoms with Crippen LogP contribution in [0.3, 0.4) is 0 Å². The summed E-state index contributed by atoms with van der Waals surface area (Å²) in [7, 11) is 0. The zero-order chi connectivity index (χ0) is 42.6. The number of rotatable bonds is 37. The minimum atomic E-state index is -0.725. The standard InChI is InChI=1S/C50H89N7O2/c1-7-11-13-15-17-19-21-23-29-36-55(10-4)39-32-40-56(37-30-24-22-20-18-16-14-12-8-2)38-31-25-26-35-46(58)59-50(5,6)42-57-45(41-52-9-3)54-47-48(57)43-33-27-28-34-44(43)53-49(47)51/h27-28,33-34,52H,7-26,29-32,35-42H2,1-6H3,(H2,51,53). The van der Waals surface area contributed by atoms with Gasteiger partial charge in [-0.25, -0.2) is 9.97 Å². The molecular formula is C50H89N7O2. The molecule has 0 aliphatic rings. The Hall–Kier alpha value is -2.75. The minimum absolute atomic E-state index is 0.128. The number of imidazole rings is 1. The Kier molecular flexibility index (Phi) is 26.0. The molecule has 2 aromatic heterocycles. The van der Waals surface area contributed by atoms with E-state index < -0.39 is 5.60 Å². The number of hydrogen-bond donors (Lipinski definition) is 2. The third-order valence-electron chi connectivity index (χ3n) is 12.1. The summed E-state index contributed by atoms with van der Waals surface area (Å²) in [6, 6.07) is 8.04. The van der Waals surface area contributed by atoms with Gasteiger partial charge >= 0.3 is 5.97 Å². The van der Waals surface area contributed by atoms with E-state index in [0.29, 0.717) is 30.8 Å². The maximum absolute atomic E-state index is 13.3. The van der Waals surface area contributed by atoms with Crippen LogP contribution in [-0.4, -0.2) is 81.7 Å². The first-order chi connectivity index (χ1) is 28.7. The van der Waals surface area contributed by atoms with Gasteiger partial charge in [-0.3, -0.25) is 4.79 Å². The molecule has 0 bridgehead atoms. The van der Waals surface area contributed by atoms with Crippen LogP contribution >= 0.6 is 0 Å². The molecule has 0 spiro atoms. The van der Waals surface area contributed by atoms with Crippen LogP contribution in [0.15, 0.2) is 24.3 Å². The van der Waals surface area contributed by atoms with Crippen LogP contribution in [0.1, 0.15) is 195 Å². The van der Waals surface area contributed by atoms with Gasteiger partial charge in [0.1, 0.15) is 16.9 Å². The van der Waals surface area contributed by atoms with Crippen LogP contribution in [0.4, 0.5) is 5.82 Å². The number of nitrogens with one attached hydrogen (secondary N) is 1. The molecule has 0 fully saturated rings. The SMILES string of the molecule is CCCCCCCCCCCN(CC)CCCN(CCCCCCCCCCC)CCCCCC(=O)OC(C)(C)Cn1c(CNCC)nc2c(N)nc3ccccc3c21. The third kappa shape index (κ3) is 20.1. The number of nitrogens with two attached hydrogens (primary N) is 1. The molecule has 0 saturated carbocycles. The van der Waals surface area contributed by atoms with Crippen molar-refractivity contribution < 1.29 is 9.53 Å². The second kappa shape index (κ2) is 30.3. The highest BCUT2D eigenvalue weighted by atomic mass is 16.6. The Morgan fingerprint density at radius 2 is 1.19 bits per heavy atom. The first kappa shape index (κ1) is 50.6. The second-order valence-electron chi connectivity index (χ2n) is 17.9. The number of carbonyl (C=O) groups is 1. The van der Waals surface area contributed by atoms with E-state index >= 15 is 0 Å². The topological polar surface area (TPSA) is 102 Å². The molecule has 0 amide bonds. The normalized spacial score (nSPS) is 12.2. The van der Waals surface area contributed by atoms with E-state index in [1.54, 1.807) is 0 Å². The summed E-state index contributed by atoms with van der Waals surface area (Å²) < 4.78 is 8.35. The van der Waals surface area contributed by atoms with Gasteiger partial charge in [-0.1, -0.05) is 155 Å². The lowest BCUT2D eigenvalue weighted by Crippen LogP contribution is -2.34. The van der Waals surface area contributed by atoms with Gasteiger partial charge in [-0.2, -0.15) is 0 Å². The van der Waals surface area contributed by atoms with Crippen LogP contribution in [0.25, 0.3) is 21.9 Å². The number of aromatic nitrogens is 3. The van der Waals surface area contributed by atoms with Crippen molar-refractivity contribution in [3.63, 3.8) is 0 Å². The van der Waals surface area contributed by atoms with E-state index in [-0.39, 0.29) is 5.97 Å².